The first-order chi connectivity index (χ1) is 10.8. The monoisotopic (exact) mass is 313 g/mol. The molecule has 0 spiro atoms. The molecule has 1 aliphatic rings. The number of fused-ring (bicyclic) bond motifs is 1. The fraction of sp³-hybridized carbons (Fsp3) is 0.294. The van der Waals surface area contributed by atoms with Gasteiger partial charge in [0.05, 0.1) is 5.69 Å². The molecule has 1 N–H and O–H groups in total. The van der Waals surface area contributed by atoms with Gasteiger partial charge in [0.15, 0.2) is 0 Å². The highest BCUT2D eigenvalue weighted by molar-refractivity contribution is 7.10. The summed E-state index contributed by atoms with van der Waals surface area (Å²) in [6.45, 7) is 3.63. The minimum atomic E-state index is -0.0705. The molecule has 0 aliphatic carbocycles. The molecule has 3 rings (SSSR count). The minimum Gasteiger partial charge on any atom is -0.351 e. The van der Waals surface area contributed by atoms with Gasteiger partial charge in [0.1, 0.15) is 0 Å². The Morgan fingerprint density at radius 3 is 3.23 bits per heavy atom. The highest BCUT2D eigenvalue weighted by atomic mass is 32.1. The van der Waals surface area contributed by atoms with Crippen molar-refractivity contribution in [3.63, 3.8) is 0 Å². The second kappa shape index (κ2) is 7.33. The van der Waals surface area contributed by atoms with Crippen LogP contribution in [0.4, 0.5) is 0 Å². The normalized spacial score (nSPS) is 14.9. The second-order valence-corrected chi connectivity index (χ2v) is 6.27. The topological polar surface area (TPSA) is 45.2 Å². The van der Waals surface area contributed by atoms with Gasteiger partial charge in [0.25, 0.3) is 0 Å². The number of thiophene rings is 1. The molecule has 1 aliphatic heterocycles. The van der Waals surface area contributed by atoms with Crippen LogP contribution in [0, 0.1) is 0 Å². The van der Waals surface area contributed by atoms with Crippen molar-refractivity contribution in [2.24, 2.45) is 0 Å². The number of nitrogens with zero attached hydrogens (tertiary/aromatic N) is 2. The van der Waals surface area contributed by atoms with E-state index in [0.717, 1.165) is 31.7 Å². The summed E-state index contributed by atoms with van der Waals surface area (Å²) in [5, 5.41) is 5.09. The zero-order chi connectivity index (χ0) is 15.2. The Kier molecular flexibility index (Phi) is 4.98. The second-order valence-electron chi connectivity index (χ2n) is 5.27. The van der Waals surface area contributed by atoms with Gasteiger partial charge in [-0.25, -0.2) is 0 Å². The Balaban J connectivity index is 1.40. The summed E-state index contributed by atoms with van der Waals surface area (Å²) in [5.74, 6) is -0.0705. The molecule has 0 saturated heterocycles. The number of hydrogen-bond acceptors (Lipinski definition) is 4. The van der Waals surface area contributed by atoms with E-state index < -0.39 is 0 Å². The third kappa shape index (κ3) is 4.02. The fourth-order valence-electron chi connectivity index (χ4n) is 2.53. The van der Waals surface area contributed by atoms with Gasteiger partial charge in [-0.2, -0.15) is 0 Å². The van der Waals surface area contributed by atoms with Gasteiger partial charge >= 0.3 is 0 Å². The summed E-state index contributed by atoms with van der Waals surface area (Å²) in [6, 6.07) is 7.84. The van der Waals surface area contributed by atoms with E-state index in [9.17, 15) is 4.79 Å². The van der Waals surface area contributed by atoms with Crippen LogP contribution in [0.1, 0.15) is 16.1 Å². The Bertz CT molecular complexity index is 651. The Labute approximate surface area is 134 Å². The molecule has 4 nitrogen and oxygen atoms in total. The number of nitrogens with one attached hydrogen (secondary N) is 1. The highest BCUT2D eigenvalue weighted by Gasteiger charge is 2.16. The summed E-state index contributed by atoms with van der Waals surface area (Å²) in [6.07, 6.45) is 6.11. The Hall–Kier alpha value is -1.98. The summed E-state index contributed by atoms with van der Waals surface area (Å²) in [5.41, 5.74) is 2.23. The van der Waals surface area contributed by atoms with Crippen molar-refractivity contribution < 1.29 is 4.79 Å². The van der Waals surface area contributed by atoms with E-state index in [2.05, 4.69) is 26.6 Å². The predicted octanol–water partition coefficient (Wildman–Crippen LogP) is 2.33. The molecule has 0 unspecified atom stereocenters. The first kappa shape index (κ1) is 14.9. The zero-order valence-electron chi connectivity index (χ0n) is 12.4. The highest BCUT2D eigenvalue weighted by Crippen LogP contribution is 2.23. The van der Waals surface area contributed by atoms with Crippen LogP contribution in [0.2, 0.25) is 0 Å². The van der Waals surface area contributed by atoms with Crippen LogP contribution in [-0.2, 0) is 17.8 Å². The molecule has 3 heterocycles. The van der Waals surface area contributed by atoms with Gasteiger partial charge in [-0.15, -0.1) is 11.3 Å². The fourth-order valence-corrected chi connectivity index (χ4v) is 3.42. The van der Waals surface area contributed by atoms with Gasteiger partial charge in [-0.3, -0.25) is 14.7 Å². The molecular formula is C17H19N3OS. The number of pyridine rings is 1. The quantitative estimate of drug-likeness (QED) is 0.862. The van der Waals surface area contributed by atoms with Gasteiger partial charge in [0, 0.05) is 43.3 Å². The van der Waals surface area contributed by atoms with Gasteiger partial charge in [0.2, 0.25) is 5.91 Å². The van der Waals surface area contributed by atoms with Crippen molar-refractivity contribution in [3.8, 4) is 0 Å². The zero-order valence-corrected chi connectivity index (χ0v) is 13.2. The molecule has 2 aromatic heterocycles. The maximum Gasteiger partial charge on any atom is 0.244 e. The molecular weight excluding hydrogens is 294 g/mol. The number of amides is 1. The van der Waals surface area contributed by atoms with E-state index in [-0.39, 0.29) is 5.91 Å². The molecule has 0 saturated carbocycles. The van der Waals surface area contributed by atoms with E-state index in [1.54, 1.807) is 12.3 Å². The average Bonchev–Trinajstić information content (AvgIpc) is 3.02. The third-order valence-corrected chi connectivity index (χ3v) is 4.73. The molecule has 2 aromatic rings. The van der Waals surface area contributed by atoms with Crippen LogP contribution in [0.25, 0.3) is 6.08 Å². The van der Waals surface area contributed by atoms with Crippen molar-refractivity contribution in [2.75, 3.05) is 19.6 Å². The maximum absolute atomic E-state index is 11.8. The lowest BCUT2D eigenvalue weighted by molar-refractivity contribution is -0.116. The van der Waals surface area contributed by atoms with Gasteiger partial charge < -0.3 is 5.32 Å². The van der Waals surface area contributed by atoms with Crippen molar-refractivity contribution in [3.05, 3.63) is 58.1 Å². The molecule has 0 aromatic carbocycles. The Morgan fingerprint density at radius 2 is 2.36 bits per heavy atom. The SMILES string of the molecule is O=C(/C=C/c1ccccn1)NCCN1CCc2sccc2C1. The van der Waals surface area contributed by atoms with Gasteiger partial charge in [-0.05, 0) is 41.6 Å². The molecule has 5 heteroatoms. The smallest absolute Gasteiger partial charge is 0.244 e. The molecule has 0 fully saturated rings. The lowest BCUT2D eigenvalue weighted by Crippen LogP contribution is -2.37. The van der Waals surface area contributed by atoms with Crippen molar-refractivity contribution in [2.45, 2.75) is 13.0 Å². The number of carbonyl (C=O) groups excluding carboxylic acids is 1. The number of hydrogen-bond donors (Lipinski definition) is 1. The summed E-state index contributed by atoms with van der Waals surface area (Å²) in [4.78, 5) is 19.8. The van der Waals surface area contributed by atoms with Crippen LogP contribution in [0.3, 0.4) is 0 Å². The first-order valence-corrected chi connectivity index (χ1v) is 8.34. The maximum atomic E-state index is 11.8. The van der Waals surface area contributed by atoms with E-state index in [4.69, 9.17) is 0 Å². The minimum absolute atomic E-state index is 0.0705. The molecule has 22 heavy (non-hydrogen) atoms. The van der Waals surface area contributed by atoms with Crippen LogP contribution in [0.15, 0.2) is 41.9 Å². The standard InChI is InChI=1S/C17H19N3OS/c21-17(5-4-15-3-1-2-8-18-15)19-9-11-20-10-6-16-14(13-20)7-12-22-16/h1-5,7-8,12H,6,9-11,13H2,(H,19,21)/b5-4+. The average molecular weight is 313 g/mol. The van der Waals surface area contributed by atoms with E-state index in [1.807, 2.05) is 29.5 Å². The lowest BCUT2D eigenvalue weighted by Gasteiger charge is -2.26. The number of rotatable bonds is 5. The summed E-state index contributed by atoms with van der Waals surface area (Å²) < 4.78 is 0. The largest absolute Gasteiger partial charge is 0.351 e. The van der Waals surface area contributed by atoms with E-state index in [0.29, 0.717) is 6.54 Å². The first-order valence-electron chi connectivity index (χ1n) is 7.46. The van der Waals surface area contributed by atoms with Crippen molar-refractivity contribution in [1.29, 1.82) is 0 Å². The van der Waals surface area contributed by atoms with Crippen LogP contribution in [0.5, 0.6) is 0 Å². The van der Waals surface area contributed by atoms with Crippen LogP contribution in [-0.4, -0.2) is 35.4 Å². The molecule has 0 bridgehead atoms. The Morgan fingerprint density at radius 1 is 1.41 bits per heavy atom. The molecule has 1 amide bonds. The van der Waals surface area contributed by atoms with Crippen LogP contribution >= 0.6 is 11.3 Å². The van der Waals surface area contributed by atoms with E-state index >= 15 is 0 Å². The summed E-state index contributed by atoms with van der Waals surface area (Å²) >= 11 is 1.85. The van der Waals surface area contributed by atoms with Crippen LogP contribution < -0.4 is 5.32 Å². The lowest BCUT2D eigenvalue weighted by atomic mass is 10.1. The third-order valence-electron chi connectivity index (χ3n) is 3.71. The summed E-state index contributed by atoms with van der Waals surface area (Å²) in [7, 11) is 0. The molecule has 0 atom stereocenters. The van der Waals surface area contributed by atoms with E-state index in [1.165, 1.54) is 16.5 Å². The number of carbonyl (C=O) groups is 1. The molecule has 114 valence electrons. The predicted molar refractivity (Wildman–Crippen MR) is 89.6 cm³/mol. The molecule has 0 radical (unpaired) electrons. The number of aromatic nitrogens is 1. The van der Waals surface area contributed by atoms with Crippen molar-refractivity contribution >= 4 is 23.3 Å². The van der Waals surface area contributed by atoms with Crippen molar-refractivity contribution in [1.82, 2.24) is 15.2 Å². The van der Waals surface area contributed by atoms with Gasteiger partial charge in [-0.1, -0.05) is 6.07 Å².